The van der Waals surface area contributed by atoms with Gasteiger partial charge in [0, 0.05) is 12.5 Å². The van der Waals surface area contributed by atoms with E-state index in [9.17, 15) is 0 Å². The van der Waals surface area contributed by atoms with Crippen molar-refractivity contribution in [2.24, 2.45) is 23.7 Å². The van der Waals surface area contributed by atoms with Gasteiger partial charge in [0.1, 0.15) is 0 Å². The van der Waals surface area contributed by atoms with E-state index in [4.69, 9.17) is 14.2 Å². The van der Waals surface area contributed by atoms with Crippen LogP contribution in [-0.4, -0.2) is 32.2 Å². The standard InChI is InChI=1S/C8H18.C7H14O.C6H12O2.C6H6/c1-7(2)5-6-8(3)4;1-6-3-4-7(2)8-5-6;1-5-3-7-6(2)8-4-5;1-2-4-6-5-3-1/h7-8H,5-6H2,1-4H3;6-7H,3-5H2,1-2H3;5-6H,3-4H2,1-2H3;1-6H. The van der Waals surface area contributed by atoms with Crippen LogP contribution in [0.4, 0.5) is 0 Å². The molecule has 2 aliphatic heterocycles. The molecule has 0 saturated carbocycles. The normalized spacial score (nSPS) is 25.8. The third-order valence-electron chi connectivity index (χ3n) is 4.95. The van der Waals surface area contributed by atoms with Crippen LogP contribution in [0.3, 0.4) is 0 Å². The van der Waals surface area contributed by atoms with E-state index in [2.05, 4.69) is 48.5 Å². The van der Waals surface area contributed by atoms with Gasteiger partial charge in [0.15, 0.2) is 6.29 Å². The van der Waals surface area contributed by atoms with E-state index in [0.29, 0.717) is 12.0 Å². The van der Waals surface area contributed by atoms with E-state index in [-0.39, 0.29) is 6.29 Å². The Hall–Kier alpha value is -0.900. The first-order valence-electron chi connectivity index (χ1n) is 12.0. The van der Waals surface area contributed by atoms with E-state index >= 15 is 0 Å². The van der Waals surface area contributed by atoms with Crippen LogP contribution >= 0.6 is 0 Å². The molecule has 0 aromatic heterocycles. The topological polar surface area (TPSA) is 27.7 Å². The van der Waals surface area contributed by atoms with Gasteiger partial charge in [-0.1, -0.05) is 90.8 Å². The molecule has 3 rings (SSSR count). The van der Waals surface area contributed by atoms with Gasteiger partial charge in [0.05, 0.1) is 19.3 Å². The molecule has 0 bridgehead atoms. The molecule has 0 aliphatic carbocycles. The minimum atomic E-state index is 0.0196. The Balaban J connectivity index is 0.000000376. The zero-order chi connectivity index (χ0) is 22.8. The fourth-order valence-corrected chi connectivity index (χ4v) is 2.76. The van der Waals surface area contributed by atoms with Crippen molar-refractivity contribution >= 4 is 0 Å². The summed E-state index contributed by atoms with van der Waals surface area (Å²) in [5, 5.41) is 0. The molecule has 2 saturated heterocycles. The Morgan fingerprint density at radius 3 is 1.27 bits per heavy atom. The Morgan fingerprint density at radius 1 is 0.600 bits per heavy atom. The van der Waals surface area contributed by atoms with Crippen LogP contribution in [0.5, 0.6) is 0 Å². The maximum absolute atomic E-state index is 5.39. The first-order chi connectivity index (χ1) is 14.2. The Morgan fingerprint density at radius 2 is 1.00 bits per heavy atom. The highest BCUT2D eigenvalue weighted by molar-refractivity contribution is 4.99. The number of hydrogen-bond acceptors (Lipinski definition) is 3. The van der Waals surface area contributed by atoms with Crippen molar-refractivity contribution in [1.82, 2.24) is 0 Å². The second-order valence-electron chi connectivity index (χ2n) is 9.69. The molecule has 176 valence electrons. The molecule has 3 heteroatoms. The maximum Gasteiger partial charge on any atom is 0.154 e. The van der Waals surface area contributed by atoms with E-state index in [1.54, 1.807) is 0 Å². The van der Waals surface area contributed by atoms with Crippen LogP contribution < -0.4 is 0 Å². The minimum absolute atomic E-state index is 0.0196. The van der Waals surface area contributed by atoms with Crippen molar-refractivity contribution in [2.75, 3.05) is 19.8 Å². The lowest BCUT2D eigenvalue weighted by Crippen LogP contribution is -2.27. The molecule has 1 aromatic rings. The van der Waals surface area contributed by atoms with Gasteiger partial charge in [-0.3, -0.25) is 0 Å². The summed E-state index contributed by atoms with van der Waals surface area (Å²) in [5.74, 6) is 3.15. The van der Waals surface area contributed by atoms with Crippen molar-refractivity contribution in [3.63, 3.8) is 0 Å². The van der Waals surface area contributed by atoms with E-state index in [1.165, 1.54) is 25.7 Å². The van der Waals surface area contributed by atoms with Crippen LogP contribution in [0.15, 0.2) is 36.4 Å². The molecule has 30 heavy (non-hydrogen) atoms. The lowest BCUT2D eigenvalue weighted by atomic mass is 10.0. The molecule has 0 amide bonds. The van der Waals surface area contributed by atoms with Gasteiger partial charge in [-0.2, -0.15) is 0 Å². The summed E-state index contributed by atoms with van der Waals surface area (Å²) in [6, 6.07) is 12.0. The summed E-state index contributed by atoms with van der Waals surface area (Å²) >= 11 is 0. The zero-order valence-electron chi connectivity index (χ0n) is 21.1. The molecular weight excluding hydrogens is 372 g/mol. The molecule has 0 N–H and O–H groups in total. The minimum Gasteiger partial charge on any atom is -0.378 e. The Labute approximate surface area is 187 Å². The average Bonchev–Trinajstić information content (AvgIpc) is 2.73. The first-order valence-corrected chi connectivity index (χ1v) is 12.0. The summed E-state index contributed by atoms with van der Waals surface area (Å²) < 4.78 is 15.7. The van der Waals surface area contributed by atoms with Gasteiger partial charge in [0.2, 0.25) is 0 Å². The van der Waals surface area contributed by atoms with E-state index < -0.39 is 0 Å². The highest BCUT2D eigenvalue weighted by Gasteiger charge is 2.14. The van der Waals surface area contributed by atoms with Crippen molar-refractivity contribution in [2.45, 2.75) is 93.5 Å². The Bertz CT molecular complexity index is 370. The maximum atomic E-state index is 5.39. The third-order valence-corrected chi connectivity index (χ3v) is 4.95. The smallest absolute Gasteiger partial charge is 0.154 e. The van der Waals surface area contributed by atoms with Crippen LogP contribution in [0, 0.1) is 23.7 Å². The van der Waals surface area contributed by atoms with Gasteiger partial charge >= 0.3 is 0 Å². The van der Waals surface area contributed by atoms with Crippen molar-refractivity contribution in [3.05, 3.63) is 36.4 Å². The predicted octanol–water partition coefficient (Wildman–Crippen LogP) is 7.60. The largest absolute Gasteiger partial charge is 0.378 e. The fraction of sp³-hybridized carbons (Fsp3) is 0.778. The molecule has 2 unspecified atom stereocenters. The quantitative estimate of drug-likeness (QED) is 0.502. The lowest BCUT2D eigenvalue weighted by molar-refractivity contribution is -0.187. The number of rotatable bonds is 3. The van der Waals surface area contributed by atoms with Crippen molar-refractivity contribution in [3.8, 4) is 0 Å². The highest BCUT2D eigenvalue weighted by atomic mass is 16.7. The number of ether oxygens (including phenoxy) is 3. The van der Waals surface area contributed by atoms with Crippen molar-refractivity contribution in [1.29, 1.82) is 0 Å². The molecule has 2 aliphatic rings. The van der Waals surface area contributed by atoms with Gasteiger partial charge in [-0.25, -0.2) is 0 Å². The summed E-state index contributed by atoms with van der Waals surface area (Å²) in [7, 11) is 0. The monoisotopic (exact) mass is 422 g/mol. The van der Waals surface area contributed by atoms with Gasteiger partial charge in [0.25, 0.3) is 0 Å². The molecular formula is C27H50O3. The lowest BCUT2D eigenvalue weighted by Gasteiger charge is -2.24. The van der Waals surface area contributed by atoms with Crippen LogP contribution in [-0.2, 0) is 14.2 Å². The first kappa shape index (κ1) is 29.1. The summed E-state index contributed by atoms with van der Waals surface area (Å²) in [4.78, 5) is 0. The molecule has 2 heterocycles. The van der Waals surface area contributed by atoms with E-state index in [0.717, 1.165) is 37.6 Å². The predicted molar refractivity (Wildman–Crippen MR) is 130 cm³/mol. The van der Waals surface area contributed by atoms with E-state index in [1.807, 2.05) is 43.3 Å². The Kier molecular flexibility index (Phi) is 18.3. The molecule has 3 nitrogen and oxygen atoms in total. The summed E-state index contributed by atoms with van der Waals surface area (Å²) in [6.45, 7) is 20.2. The molecule has 2 atom stereocenters. The molecule has 1 aromatic carbocycles. The average molecular weight is 423 g/mol. The summed E-state index contributed by atoms with van der Waals surface area (Å²) in [5.41, 5.74) is 0. The highest BCUT2D eigenvalue weighted by Crippen LogP contribution is 2.17. The molecule has 0 radical (unpaired) electrons. The van der Waals surface area contributed by atoms with Gasteiger partial charge < -0.3 is 14.2 Å². The third kappa shape index (κ3) is 20.4. The summed E-state index contributed by atoms with van der Waals surface area (Å²) in [6.07, 6.45) is 5.91. The number of benzene rings is 1. The van der Waals surface area contributed by atoms with Crippen LogP contribution in [0.25, 0.3) is 0 Å². The second-order valence-corrected chi connectivity index (χ2v) is 9.69. The number of hydrogen-bond donors (Lipinski definition) is 0. The zero-order valence-corrected chi connectivity index (χ0v) is 21.1. The fourth-order valence-electron chi connectivity index (χ4n) is 2.76. The molecule has 0 spiro atoms. The van der Waals surface area contributed by atoms with Gasteiger partial charge in [-0.05, 0) is 44.4 Å². The van der Waals surface area contributed by atoms with Crippen molar-refractivity contribution < 1.29 is 14.2 Å². The SMILES string of the molecule is CC(C)CCC(C)C.CC1CCC(C)OC1.CC1COC(C)OC1.c1ccccc1. The van der Waals surface area contributed by atoms with Gasteiger partial charge in [-0.15, -0.1) is 0 Å². The van der Waals surface area contributed by atoms with Crippen LogP contribution in [0.2, 0.25) is 0 Å². The van der Waals surface area contributed by atoms with Crippen LogP contribution in [0.1, 0.15) is 81.1 Å². The molecule has 2 fully saturated rings. The second kappa shape index (κ2) is 18.8.